The predicted molar refractivity (Wildman–Crippen MR) is 68.4 cm³/mol. The first-order valence-electron chi connectivity index (χ1n) is 5.40. The summed E-state index contributed by atoms with van der Waals surface area (Å²) in [7, 11) is 0. The molecule has 5 heteroatoms. The maximum Gasteiger partial charge on any atom is 0.307 e. The summed E-state index contributed by atoms with van der Waals surface area (Å²) < 4.78 is 19.0. The van der Waals surface area contributed by atoms with Crippen molar-refractivity contribution in [3.05, 3.63) is 28.5 Å². The highest BCUT2D eigenvalue weighted by atomic mass is 79.9. The van der Waals surface area contributed by atoms with E-state index in [1.807, 2.05) is 0 Å². The number of esters is 1. The summed E-state index contributed by atoms with van der Waals surface area (Å²) >= 11 is 3.26. The van der Waals surface area contributed by atoms with E-state index < -0.39 is 0 Å². The molecule has 1 unspecified atom stereocenters. The average Bonchev–Trinajstić information content (AvgIpc) is 2.23. The number of rotatable bonds is 5. The van der Waals surface area contributed by atoms with Crippen LogP contribution in [0, 0.1) is 5.82 Å². The van der Waals surface area contributed by atoms with Crippen LogP contribution in [0.2, 0.25) is 0 Å². The van der Waals surface area contributed by atoms with Crippen LogP contribution < -0.4 is 5.32 Å². The summed E-state index contributed by atoms with van der Waals surface area (Å²) in [6.07, 6.45) is 0.208. The van der Waals surface area contributed by atoms with Gasteiger partial charge < -0.3 is 10.1 Å². The van der Waals surface area contributed by atoms with Crippen LogP contribution in [0.4, 0.5) is 10.1 Å². The SMILES string of the molecule is CCOC(=O)CC(C)Nc1cc(Br)ccc1F. The maximum atomic E-state index is 13.4. The highest BCUT2D eigenvalue weighted by molar-refractivity contribution is 9.10. The number of carbonyl (C=O) groups is 1. The van der Waals surface area contributed by atoms with Crippen LogP contribution in [-0.2, 0) is 9.53 Å². The van der Waals surface area contributed by atoms with Gasteiger partial charge in [0.15, 0.2) is 0 Å². The fourth-order valence-electron chi connectivity index (χ4n) is 1.39. The number of halogens is 2. The van der Waals surface area contributed by atoms with Gasteiger partial charge in [-0.25, -0.2) is 4.39 Å². The van der Waals surface area contributed by atoms with Crippen LogP contribution in [0.1, 0.15) is 20.3 Å². The fourth-order valence-corrected chi connectivity index (χ4v) is 1.76. The molecule has 0 aliphatic heterocycles. The zero-order valence-corrected chi connectivity index (χ0v) is 11.4. The quantitative estimate of drug-likeness (QED) is 0.848. The first kappa shape index (κ1) is 14.0. The highest BCUT2D eigenvalue weighted by Gasteiger charge is 2.11. The molecule has 0 saturated heterocycles. The lowest BCUT2D eigenvalue weighted by Crippen LogP contribution is -2.21. The van der Waals surface area contributed by atoms with Crippen LogP contribution in [0.15, 0.2) is 22.7 Å². The summed E-state index contributed by atoms with van der Waals surface area (Å²) in [5, 5.41) is 2.93. The molecule has 0 bridgehead atoms. The summed E-state index contributed by atoms with van der Waals surface area (Å²) in [6.45, 7) is 3.91. The second kappa shape index (κ2) is 6.59. The normalized spacial score (nSPS) is 12.0. The van der Waals surface area contributed by atoms with Crippen LogP contribution in [0.3, 0.4) is 0 Å². The predicted octanol–water partition coefficient (Wildman–Crippen LogP) is 3.34. The lowest BCUT2D eigenvalue weighted by atomic mass is 10.2. The van der Waals surface area contributed by atoms with E-state index >= 15 is 0 Å². The third kappa shape index (κ3) is 4.73. The molecule has 94 valence electrons. The van der Waals surface area contributed by atoms with Gasteiger partial charge in [-0.05, 0) is 32.0 Å². The molecule has 1 N–H and O–H groups in total. The van der Waals surface area contributed by atoms with E-state index in [0.29, 0.717) is 12.3 Å². The Balaban J connectivity index is 2.58. The van der Waals surface area contributed by atoms with Gasteiger partial charge in [0.25, 0.3) is 0 Å². The molecule has 0 heterocycles. The Morgan fingerprint density at radius 1 is 1.59 bits per heavy atom. The molecule has 0 saturated carbocycles. The molecule has 0 radical (unpaired) electrons. The highest BCUT2D eigenvalue weighted by Crippen LogP contribution is 2.21. The number of nitrogens with one attached hydrogen (secondary N) is 1. The lowest BCUT2D eigenvalue weighted by Gasteiger charge is -2.15. The van der Waals surface area contributed by atoms with E-state index in [4.69, 9.17) is 4.74 Å². The van der Waals surface area contributed by atoms with Crippen molar-refractivity contribution < 1.29 is 13.9 Å². The maximum absolute atomic E-state index is 13.4. The number of carbonyl (C=O) groups excluding carboxylic acids is 1. The molecule has 0 aliphatic rings. The van der Waals surface area contributed by atoms with E-state index in [-0.39, 0.29) is 24.2 Å². The second-order valence-electron chi connectivity index (χ2n) is 3.68. The molecular formula is C12H15BrFNO2. The molecule has 3 nitrogen and oxygen atoms in total. The number of hydrogen-bond acceptors (Lipinski definition) is 3. The summed E-state index contributed by atoms with van der Waals surface area (Å²) in [4.78, 5) is 11.2. The minimum absolute atomic E-state index is 0.183. The van der Waals surface area contributed by atoms with Gasteiger partial charge in [0, 0.05) is 10.5 Å². The first-order valence-corrected chi connectivity index (χ1v) is 6.19. The summed E-state index contributed by atoms with van der Waals surface area (Å²) in [5.74, 6) is -0.633. The Morgan fingerprint density at radius 2 is 2.29 bits per heavy atom. The Kier molecular flexibility index (Phi) is 5.41. The third-order valence-corrected chi connectivity index (χ3v) is 2.60. The van der Waals surface area contributed by atoms with E-state index in [0.717, 1.165) is 4.47 Å². The molecule has 0 spiro atoms. The Bertz CT molecular complexity index is 398. The van der Waals surface area contributed by atoms with Gasteiger partial charge in [0.05, 0.1) is 18.7 Å². The molecule has 1 rings (SSSR count). The molecule has 0 amide bonds. The molecule has 1 aromatic rings. The van der Waals surface area contributed by atoms with Gasteiger partial charge in [0.1, 0.15) is 5.82 Å². The molecule has 0 aliphatic carbocycles. The second-order valence-corrected chi connectivity index (χ2v) is 4.59. The topological polar surface area (TPSA) is 38.3 Å². The Morgan fingerprint density at radius 3 is 2.94 bits per heavy atom. The molecular weight excluding hydrogens is 289 g/mol. The zero-order valence-electron chi connectivity index (χ0n) is 9.80. The van der Waals surface area contributed by atoms with Crippen molar-refractivity contribution in [1.82, 2.24) is 0 Å². The van der Waals surface area contributed by atoms with Crippen LogP contribution in [0.5, 0.6) is 0 Å². The minimum atomic E-state index is -0.344. The smallest absolute Gasteiger partial charge is 0.307 e. The number of ether oxygens (including phenoxy) is 1. The third-order valence-electron chi connectivity index (χ3n) is 2.11. The van der Waals surface area contributed by atoms with Crippen molar-refractivity contribution in [2.24, 2.45) is 0 Å². The standard InChI is InChI=1S/C12H15BrFNO2/c1-3-17-12(16)6-8(2)15-11-7-9(13)4-5-10(11)14/h4-5,7-8,15H,3,6H2,1-2H3. The van der Waals surface area contributed by atoms with E-state index in [2.05, 4.69) is 21.2 Å². The fraction of sp³-hybridized carbons (Fsp3) is 0.417. The Hall–Kier alpha value is -1.10. The minimum Gasteiger partial charge on any atom is -0.466 e. The zero-order chi connectivity index (χ0) is 12.8. The van der Waals surface area contributed by atoms with E-state index in [9.17, 15) is 9.18 Å². The number of hydrogen-bond donors (Lipinski definition) is 1. The van der Waals surface area contributed by atoms with E-state index in [1.165, 1.54) is 6.07 Å². The van der Waals surface area contributed by atoms with Crippen molar-refractivity contribution in [2.45, 2.75) is 26.3 Å². The molecule has 0 aromatic heterocycles. The van der Waals surface area contributed by atoms with Gasteiger partial charge in [0.2, 0.25) is 0 Å². The summed E-state index contributed by atoms with van der Waals surface area (Å²) in [6, 6.07) is 4.44. The van der Waals surface area contributed by atoms with Gasteiger partial charge in [-0.15, -0.1) is 0 Å². The van der Waals surface area contributed by atoms with Crippen molar-refractivity contribution >= 4 is 27.6 Å². The molecule has 17 heavy (non-hydrogen) atoms. The summed E-state index contributed by atoms with van der Waals surface area (Å²) in [5.41, 5.74) is 0.371. The van der Waals surface area contributed by atoms with Crippen LogP contribution in [-0.4, -0.2) is 18.6 Å². The lowest BCUT2D eigenvalue weighted by molar-refractivity contribution is -0.143. The van der Waals surface area contributed by atoms with Gasteiger partial charge in [-0.1, -0.05) is 15.9 Å². The molecule has 1 aromatic carbocycles. The first-order chi connectivity index (χ1) is 8.02. The van der Waals surface area contributed by atoms with Crippen molar-refractivity contribution in [2.75, 3.05) is 11.9 Å². The van der Waals surface area contributed by atoms with Crippen molar-refractivity contribution in [3.63, 3.8) is 0 Å². The van der Waals surface area contributed by atoms with Crippen LogP contribution in [0.25, 0.3) is 0 Å². The number of anilines is 1. The molecule has 0 fully saturated rings. The Labute approximate surface area is 108 Å². The average molecular weight is 304 g/mol. The molecule has 1 atom stereocenters. The number of benzene rings is 1. The van der Waals surface area contributed by atoms with Crippen molar-refractivity contribution in [3.8, 4) is 0 Å². The monoisotopic (exact) mass is 303 g/mol. The van der Waals surface area contributed by atoms with Crippen LogP contribution >= 0.6 is 15.9 Å². The van der Waals surface area contributed by atoms with Gasteiger partial charge >= 0.3 is 5.97 Å². The van der Waals surface area contributed by atoms with Gasteiger partial charge in [-0.2, -0.15) is 0 Å². The van der Waals surface area contributed by atoms with E-state index in [1.54, 1.807) is 26.0 Å². The van der Waals surface area contributed by atoms with Crippen molar-refractivity contribution in [1.29, 1.82) is 0 Å². The van der Waals surface area contributed by atoms with Gasteiger partial charge in [-0.3, -0.25) is 4.79 Å². The largest absolute Gasteiger partial charge is 0.466 e.